The number of alkyl halides is 1. The average Bonchev–Trinajstić information content (AvgIpc) is 3.07. The highest BCUT2D eigenvalue weighted by Crippen LogP contribution is 2.63. The highest BCUT2D eigenvalue weighted by molar-refractivity contribution is 5.74. The van der Waals surface area contributed by atoms with Crippen molar-refractivity contribution < 1.29 is 24.8 Å². The van der Waals surface area contributed by atoms with Crippen molar-refractivity contribution in [2.75, 3.05) is 0 Å². The topological polar surface area (TPSA) is 80.9 Å². The molecule has 0 aliphatic heterocycles. The number of fused-ring (bicyclic) bond motifs is 4. The van der Waals surface area contributed by atoms with Crippen LogP contribution in [0, 0.1) is 17.3 Å². The van der Waals surface area contributed by atoms with Gasteiger partial charge in [-0.2, -0.15) is 0 Å². The van der Waals surface area contributed by atoms with E-state index in [9.17, 15) is 20.4 Å². The molecule has 2 saturated carbocycles. The van der Waals surface area contributed by atoms with Gasteiger partial charge in [-0.05, 0) is 66.7 Å². The molecule has 0 spiro atoms. The van der Waals surface area contributed by atoms with E-state index >= 15 is 4.39 Å². The molecule has 0 heterocycles. The Morgan fingerprint density at radius 2 is 1.81 bits per heavy atom. The Morgan fingerprint density at radius 3 is 2.52 bits per heavy atom. The SMILES string of the molecule is CC12CC=C3C(O)C4(F)CC(O)CCC4CC[C@]3(O)C1CC=C2c1ccc(CO)cc1. The van der Waals surface area contributed by atoms with Gasteiger partial charge in [0.05, 0.1) is 18.3 Å². The minimum Gasteiger partial charge on any atom is -0.393 e. The molecule has 4 nitrogen and oxygen atoms in total. The van der Waals surface area contributed by atoms with Crippen LogP contribution in [0.1, 0.15) is 63.0 Å². The molecule has 31 heavy (non-hydrogen) atoms. The smallest absolute Gasteiger partial charge is 0.145 e. The zero-order chi connectivity index (χ0) is 22.0. The first kappa shape index (κ1) is 21.3. The van der Waals surface area contributed by atoms with Gasteiger partial charge in [0.2, 0.25) is 0 Å². The van der Waals surface area contributed by atoms with Crippen molar-refractivity contribution in [3.8, 4) is 0 Å². The summed E-state index contributed by atoms with van der Waals surface area (Å²) in [6.07, 6.45) is 5.25. The summed E-state index contributed by atoms with van der Waals surface area (Å²) in [5.41, 5.74) is 0.103. The Kier molecular flexibility index (Phi) is 4.98. The third-order valence-corrected chi connectivity index (χ3v) is 8.91. The number of halogens is 1. The first-order chi connectivity index (χ1) is 14.7. The molecular formula is C26H33FO4. The van der Waals surface area contributed by atoms with Crippen LogP contribution in [0.3, 0.4) is 0 Å². The minimum atomic E-state index is -1.88. The van der Waals surface area contributed by atoms with Gasteiger partial charge < -0.3 is 20.4 Å². The second kappa shape index (κ2) is 7.24. The van der Waals surface area contributed by atoms with Gasteiger partial charge in [-0.15, -0.1) is 0 Å². The van der Waals surface area contributed by atoms with Gasteiger partial charge in [0.1, 0.15) is 11.8 Å². The van der Waals surface area contributed by atoms with Gasteiger partial charge in [-0.1, -0.05) is 43.3 Å². The normalized spacial score (nSPS) is 44.5. The van der Waals surface area contributed by atoms with Gasteiger partial charge in [-0.3, -0.25) is 0 Å². The molecule has 0 aromatic heterocycles. The van der Waals surface area contributed by atoms with Crippen molar-refractivity contribution in [3.63, 3.8) is 0 Å². The molecule has 0 amide bonds. The van der Waals surface area contributed by atoms with E-state index in [1.165, 1.54) is 5.57 Å². The minimum absolute atomic E-state index is 0.00377. The summed E-state index contributed by atoms with van der Waals surface area (Å²) < 4.78 is 16.1. The summed E-state index contributed by atoms with van der Waals surface area (Å²) in [6, 6.07) is 7.87. The van der Waals surface area contributed by atoms with Crippen LogP contribution in [0.15, 0.2) is 42.0 Å². The summed E-state index contributed by atoms with van der Waals surface area (Å²) >= 11 is 0. The predicted molar refractivity (Wildman–Crippen MR) is 117 cm³/mol. The number of hydrogen-bond acceptors (Lipinski definition) is 4. The van der Waals surface area contributed by atoms with Crippen molar-refractivity contribution in [2.45, 2.75) is 82.0 Å². The van der Waals surface area contributed by atoms with Crippen molar-refractivity contribution in [1.29, 1.82) is 0 Å². The maximum atomic E-state index is 16.1. The van der Waals surface area contributed by atoms with Crippen molar-refractivity contribution in [3.05, 3.63) is 53.1 Å². The Morgan fingerprint density at radius 1 is 1.06 bits per heavy atom. The number of benzene rings is 1. The van der Waals surface area contributed by atoms with Crippen LogP contribution in [0.5, 0.6) is 0 Å². The van der Waals surface area contributed by atoms with E-state index < -0.39 is 23.5 Å². The molecule has 4 aliphatic carbocycles. The van der Waals surface area contributed by atoms with Crippen molar-refractivity contribution in [2.24, 2.45) is 17.3 Å². The summed E-state index contributed by atoms with van der Waals surface area (Å²) in [5.74, 6) is -0.469. The Bertz CT molecular complexity index is 924. The van der Waals surface area contributed by atoms with Crippen molar-refractivity contribution >= 4 is 5.57 Å². The van der Waals surface area contributed by atoms with Gasteiger partial charge in [-0.25, -0.2) is 4.39 Å². The van der Waals surface area contributed by atoms with Crippen LogP contribution in [-0.2, 0) is 6.61 Å². The zero-order valence-electron chi connectivity index (χ0n) is 18.1. The zero-order valence-corrected chi connectivity index (χ0v) is 18.1. The molecule has 168 valence electrons. The molecule has 5 heteroatoms. The molecule has 1 aromatic rings. The largest absolute Gasteiger partial charge is 0.393 e. The van der Waals surface area contributed by atoms with E-state index in [2.05, 4.69) is 13.0 Å². The number of rotatable bonds is 2. The Labute approximate surface area is 183 Å². The molecule has 1 aromatic carbocycles. The van der Waals surface area contributed by atoms with Gasteiger partial charge in [0.25, 0.3) is 0 Å². The third-order valence-electron chi connectivity index (χ3n) is 8.91. The molecule has 4 aliphatic rings. The molecule has 4 N–H and O–H groups in total. The molecule has 7 atom stereocenters. The molecular weight excluding hydrogens is 395 g/mol. The van der Waals surface area contributed by atoms with Crippen molar-refractivity contribution in [1.82, 2.24) is 0 Å². The number of aliphatic hydroxyl groups is 4. The lowest BCUT2D eigenvalue weighted by Crippen LogP contribution is -2.55. The lowest BCUT2D eigenvalue weighted by atomic mass is 9.57. The first-order valence-corrected chi connectivity index (χ1v) is 11.6. The Balaban J connectivity index is 1.52. The fourth-order valence-electron chi connectivity index (χ4n) is 7.13. The van der Waals surface area contributed by atoms with E-state index in [-0.39, 0.29) is 30.3 Å². The van der Waals surface area contributed by atoms with E-state index in [1.807, 2.05) is 30.3 Å². The van der Waals surface area contributed by atoms with E-state index in [0.29, 0.717) is 44.1 Å². The van der Waals surface area contributed by atoms with Gasteiger partial charge in [0.15, 0.2) is 0 Å². The highest BCUT2D eigenvalue weighted by Gasteiger charge is 2.62. The van der Waals surface area contributed by atoms with Crippen LogP contribution >= 0.6 is 0 Å². The molecule has 6 unspecified atom stereocenters. The predicted octanol–water partition coefficient (Wildman–Crippen LogP) is 3.67. The molecule has 0 saturated heterocycles. The monoisotopic (exact) mass is 428 g/mol. The third kappa shape index (κ3) is 3.01. The van der Waals surface area contributed by atoms with Gasteiger partial charge in [0, 0.05) is 17.8 Å². The second-order valence-electron chi connectivity index (χ2n) is 10.5. The summed E-state index contributed by atoms with van der Waals surface area (Å²) in [6.45, 7) is 2.17. The Hall–Kier alpha value is -1.53. The van der Waals surface area contributed by atoms with Crippen LogP contribution in [0.4, 0.5) is 4.39 Å². The maximum absolute atomic E-state index is 16.1. The number of hydrogen-bond donors (Lipinski definition) is 4. The molecule has 0 bridgehead atoms. The summed E-state index contributed by atoms with van der Waals surface area (Å²) in [5, 5.41) is 42.7. The summed E-state index contributed by atoms with van der Waals surface area (Å²) in [7, 11) is 0. The molecule has 0 radical (unpaired) electrons. The quantitative estimate of drug-likeness (QED) is 0.542. The number of aliphatic hydroxyl groups excluding tert-OH is 3. The fraction of sp³-hybridized carbons (Fsp3) is 0.615. The first-order valence-electron chi connectivity index (χ1n) is 11.6. The van der Waals surface area contributed by atoms with Crippen LogP contribution in [-0.4, -0.2) is 43.9 Å². The van der Waals surface area contributed by atoms with Crippen LogP contribution < -0.4 is 0 Å². The molecule has 5 rings (SSSR count). The second-order valence-corrected chi connectivity index (χ2v) is 10.5. The van der Waals surface area contributed by atoms with E-state index in [1.54, 1.807) is 0 Å². The maximum Gasteiger partial charge on any atom is 0.145 e. The van der Waals surface area contributed by atoms with Gasteiger partial charge >= 0.3 is 0 Å². The van der Waals surface area contributed by atoms with E-state index in [4.69, 9.17) is 0 Å². The standard InChI is InChI=1S/C26H33FO4/c1-24-12-11-21-23(30)25(27)14-19(29)7-6-18(25)10-13-26(21,31)22(24)9-8-20(24)17-4-2-16(15-28)3-5-17/h2-5,8,11,18-19,22-23,28-31H,6-7,9-10,12-15H2,1H3/t18?,19?,22?,23?,24?,25?,26-/m1/s1. The van der Waals surface area contributed by atoms with Crippen LogP contribution in [0.25, 0.3) is 5.57 Å². The number of allylic oxidation sites excluding steroid dienone is 3. The lowest BCUT2D eigenvalue weighted by molar-refractivity contribution is -0.0963. The average molecular weight is 429 g/mol. The molecule has 2 fully saturated rings. The fourth-order valence-corrected chi connectivity index (χ4v) is 7.13. The highest BCUT2D eigenvalue weighted by atomic mass is 19.1. The van der Waals surface area contributed by atoms with E-state index in [0.717, 1.165) is 11.1 Å². The lowest BCUT2D eigenvalue weighted by Gasteiger charge is -2.50. The van der Waals surface area contributed by atoms with Crippen LogP contribution in [0.2, 0.25) is 0 Å². The summed E-state index contributed by atoms with van der Waals surface area (Å²) in [4.78, 5) is 0.